The van der Waals surface area contributed by atoms with Crippen LogP contribution < -0.4 is 10.1 Å². The molecule has 1 aromatic heterocycles. The summed E-state index contributed by atoms with van der Waals surface area (Å²) in [5.41, 5.74) is 1.33. The second-order valence-electron chi connectivity index (χ2n) is 6.63. The van der Waals surface area contributed by atoms with Crippen LogP contribution in [0.5, 0.6) is 5.75 Å². The van der Waals surface area contributed by atoms with E-state index in [0.29, 0.717) is 23.7 Å². The topological polar surface area (TPSA) is 58.6 Å². The number of carbonyl (C=O) groups is 2. The van der Waals surface area contributed by atoms with Crippen LogP contribution in [-0.4, -0.2) is 30.4 Å². The van der Waals surface area contributed by atoms with Crippen molar-refractivity contribution in [2.45, 2.75) is 19.5 Å². The van der Waals surface area contributed by atoms with Crippen molar-refractivity contribution in [3.05, 3.63) is 87.1 Å². The van der Waals surface area contributed by atoms with Crippen LogP contribution in [-0.2, 0) is 17.9 Å². The zero-order valence-electron chi connectivity index (χ0n) is 16.6. The average molecular weight is 443 g/mol. The summed E-state index contributed by atoms with van der Waals surface area (Å²) in [5.74, 6) is 0.408. The highest BCUT2D eigenvalue weighted by Crippen LogP contribution is 2.22. The van der Waals surface area contributed by atoms with E-state index in [0.717, 1.165) is 16.2 Å². The molecule has 0 aliphatic rings. The minimum atomic E-state index is -0.289. The standard InChI is InChI=1S/C23H23ClN2O3S/c1-29-21-11-5-2-7-17(21)15-26(16-18-8-6-14-30-18)22(27)12-13-25-23(28)19-9-3-4-10-20(19)24/h2-11,14H,12-13,15-16H2,1H3,(H,25,28). The first-order valence-electron chi connectivity index (χ1n) is 9.53. The fourth-order valence-electron chi connectivity index (χ4n) is 3.04. The van der Waals surface area contributed by atoms with Crippen LogP contribution >= 0.6 is 22.9 Å². The molecule has 0 fully saturated rings. The number of hydrogen-bond donors (Lipinski definition) is 1. The molecular formula is C23H23ClN2O3S. The van der Waals surface area contributed by atoms with Crippen LogP contribution in [0.15, 0.2) is 66.0 Å². The number of nitrogens with zero attached hydrogens (tertiary/aromatic N) is 1. The van der Waals surface area contributed by atoms with E-state index in [-0.39, 0.29) is 24.8 Å². The summed E-state index contributed by atoms with van der Waals surface area (Å²) >= 11 is 7.67. The van der Waals surface area contributed by atoms with Crippen molar-refractivity contribution in [3.63, 3.8) is 0 Å². The lowest BCUT2D eigenvalue weighted by Crippen LogP contribution is -2.34. The first-order chi connectivity index (χ1) is 14.6. The van der Waals surface area contributed by atoms with Gasteiger partial charge in [-0.3, -0.25) is 9.59 Å². The number of amides is 2. The summed E-state index contributed by atoms with van der Waals surface area (Å²) in [6.45, 7) is 1.17. The van der Waals surface area contributed by atoms with Crippen LogP contribution in [0.25, 0.3) is 0 Å². The predicted octanol–water partition coefficient (Wildman–Crippen LogP) is 4.76. The van der Waals surface area contributed by atoms with Gasteiger partial charge in [0.15, 0.2) is 0 Å². The van der Waals surface area contributed by atoms with Crippen molar-refractivity contribution in [3.8, 4) is 5.75 Å². The molecule has 3 rings (SSSR count). The van der Waals surface area contributed by atoms with Gasteiger partial charge in [0.2, 0.25) is 5.91 Å². The number of para-hydroxylation sites is 1. The lowest BCUT2D eigenvalue weighted by Gasteiger charge is -2.23. The number of thiophene rings is 1. The molecule has 1 N–H and O–H groups in total. The van der Waals surface area contributed by atoms with Crippen molar-refractivity contribution in [1.82, 2.24) is 10.2 Å². The zero-order chi connectivity index (χ0) is 21.3. The highest BCUT2D eigenvalue weighted by Gasteiger charge is 2.18. The quantitative estimate of drug-likeness (QED) is 0.519. The van der Waals surface area contributed by atoms with Crippen LogP contribution in [0.2, 0.25) is 5.02 Å². The lowest BCUT2D eigenvalue weighted by atomic mass is 10.1. The summed E-state index contributed by atoms with van der Waals surface area (Å²) in [7, 11) is 1.62. The van der Waals surface area contributed by atoms with Gasteiger partial charge in [0.05, 0.1) is 24.2 Å². The molecule has 1 heterocycles. The number of benzene rings is 2. The van der Waals surface area contributed by atoms with Crippen LogP contribution in [0.3, 0.4) is 0 Å². The Bertz CT molecular complexity index is 992. The SMILES string of the molecule is COc1ccccc1CN(Cc1cccs1)C(=O)CCNC(=O)c1ccccc1Cl. The monoisotopic (exact) mass is 442 g/mol. The smallest absolute Gasteiger partial charge is 0.252 e. The molecular weight excluding hydrogens is 420 g/mol. The number of carbonyl (C=O) groups excluding carboxylic acids is 2. The van der Waals surface area contributed by atoms with E-state index in [9.17, 15) is 9.59 Å². The van der Waals surface area contributed by atoms with E-state index in [4.69, 9.17) is 16.3 Å². The third kappa shape index (κ3) is 5.84. The fourth-order valence-corrected chi connectivity index (χ4v) is 3.98. The third-order valence-electron chi connectivity index (χ3n) is 4.58. The van der Waals surface area contributed by atoms with Gasteiger partial charge in [-0.1, -0.05) is 48.0 Å². The van der Waals surface area contributed by atoms with Gasteiger partial charge < -0.3 is 15.0 Å². The van der Waals surface area contributed by atoms with Crippen LogP contribution in [0.1, 0.15) is 27.2 Å². The van der Waals surface area contributed by atoms with Crippen molar-refractivity contribution in [1.29, 1.82) is 0 Å². The second kappa shape index (κ2) is 10.8. The van der Waals surface area contributed by atoms with Crippen molar-refractivity contribution >= 4 is 34.8 Å². The van der Waals surface area contributed by atoms with E-state index in [1.807, 2.05) is 41.8 Å². The summed E-state index contributed by atoms with van der Waals surface area (Å²) in [5, 5.41) is 5.15. The summed E-state index contributed by atoms with van der Waals surface area (Å²) in [4.78, 5) is 28.2. The molecule has 2 aromatic carbocycles. The Morgan fingerprint density at radius 3 is 2.53 bits per heavy atom. The van der Waals surface area contributed by atoms with Crippen molar-refractivity contribution < 1.29 is 14.3 Å². The molecule has 0 aliphatic heterocycles. The van der Waals surface area contributed by atoms with E-state index in [1.165, 1.54) is 0 Å². The van der Waals surface area contributed by atoms with Gasteiger partial charge >= 0.3 is 0 Å². The van der Waals surface area contributed by atoms with Gasteiger partial charge in [0.1, 0.15) is 5.75 Å². The highest BCUT2D eigenvalue weighted by atomic mass is 35.5. The van der Waals surface area contributed by atoms with Gasteiger partial charge in [-0.05, 0) is 29.6 Å². The molecule has 0 bridgehead atoms. The molecule has 0 saturated heterocycles. The Kier molecular flexibility index (Phi) is 7.88. The average Bonchev–Trinajstić information content (AvgIpc) is 3.27. The minimum Gasteiger partial charge on any atom is -0.496 e. The highest BCUT2D eigenvalue weighted by molar-refractivity contribution is 7.09. The number of nitrogens with one attached hydrogen (secondary N) is 1. The molecule has 2 amide bonds. The molecule has 7 heteroatoms. The molecule has 3 aromatic rings. The molecule has 0 unspecified atom stereocenters. The van der Waals surface area contributed by atoms with E-state index >= 15 is 0 Å². The van der Waals surface area contributed by atoms with Crippen LogP contribution in [0, 0.1) is 0 Å². The molecule has 5 nitrogen and oxygen atoms in total. The molecule has 0 radical (unpaired) electrons. The number of methoxy groups -OCH3 is 1. The number of rotatable bonds is 9. The molecule has 156 valence electrons. The minimum absolute atomic E-state index is 0.0474. The Morgan fingerprint density at radius 1 is 1.03 bits per heavy atom. The maximum Gasteiger partial charge on any atom is 0.252 e. The maximum atomic E-state index is 13.0. The van der Waals surface area contributed by atoms with E-state index < -0.39 is 0 Å². The lowest BCUT2D eigenvalue weighted by molar-refractivity contribution is -0.132. The Balaban J connectivity index is 1.64. The summed E-state index contributed by atoms with van der Waals surface area (Å²) < 4.78 is 5.43. The fraction of sp³-hybridized carbons (Fsp3) is 0.217. The predicted molar refractivity (Wildman–Crippen MR) is 120 cm³/mol. The third-order valence-corrected chi connectivity index (χ3v) is 5.77. The molecule has 0 spiro atoms. The van der Waals surface area contributed by atoms with Gasteiger partial charge in [-0.15, -0.1) is 11.3 Å². The van der Waals surface area contributed by atoms with Crippen molar-refractivity contribution in [2.24, 2.45) is 0 Å². The summed E-state index contributed by atoms with van der Waals surface area (Å²) in [6.07, 6.45) is 0.191. The summed E-state index contributed by atoms with van der Waals surface area (Å²) in [6, 6.07) is 18.5. The first kappa shape index (κ1) is 21.9. The number of ether oxygens (including phenoxy) is 1. The Labute approximate surface area is 185 Å². The van der Waals surface area contributed by atoms with Crippen LogP contribution in [0.4, 0.5) is 0 Å². The number of halogens is 1. The second-order valence-corrected chi connectivity index (χ2v) is 8.07. The Hall–Kier alpha value is -2.83. The van der Waals surface area contributed by atoms with Gasteiger partial charge in [0.25, 0.3) is 5.91 Å². The van der Waals surface area contributed by atoms with Gasteiger partial charge in [-0.25, -0.2) is 0 Å². The normalized spacial score (nSPS) is 10.5. The van der Waals surface area contributed by atoms with Gasteiger partial charge in [0, 0.05) is 30.0 Å². The first-order valence-corrected chi connectivity index (χ1v) is 10.8. The Morgan fingerprint density at radius 2 is 1.80 bits per heavy atom. The van der Waals surface area contributed by atoms with Gasteiger partial charge in [-0.2, -0.15) is 0 Å². The van der Waals surface area contributed by atoms with E-state index in [1.54, 1.807) is 47.6 Å². The molecule has 0 atom stereocenters. The molecule has 0 aliphatic carbocycles. The molecule has 30 heavy (non-hydrogen) atoms. The molecule has 0 saturated carbocycles. The zero-order valence-corrected chi connectivity index (χ0v) is 18.2. The number of hydrogen-bond acceptors (Lipinski definition) is 4. The van der Waals surface area contributed by atoms with E-state index in [2.05, 4.69) is 5.32 Å². The largest absolute Gasteiger partial charge is 0.496 e. The maximum absolute atomic E-state index is 13.0. The van der Waals surface area contributed by atoms with Crippen molar-refractivity contribution in [2.75, 3.05) is 13.7 Å².